The quantitative estimate of drug-likeness (QED) is 0.0830. The summed E-state index contributed by atoms with van der Waals surface area (Å²) in [6.07, 6.45) is 19.9. The van der Waals surface area contributed by atoms with Crippen LogP contribution in [0.4, 0.5) is 0 Å². The van der Waals surface area contributed by atoms with Crippen LogP contribution < -0.4 is 9.47 Å². The molecule has 9 heteroatoms. The summed E-state index contributed by atoms with van der Waals surface area (Å²) < 4.78 is 14.1. The third-order valence-electron chi connectivity index (χ3n) is 13.0. The molecule has 2 aliphatic heterocycles. The molecule has 69 heavy (non-hydrogen) atoms. The van der Waals surface area contributed by atoms with Gasteiger partial charge in [0.05, 0.1) is 0 Å². The predicted octanol–water partition coefficient (Wildman–Crippen LogP) is 13.1. The maximum absolute atomic E-state index is 13.7. The zero-order valence-corrected chi connectivity index (χ0v) is 40.4. The van der Waals surface area contributed by atoms with E-state index < -0.39 is 0 Å². The molecule has 0 atom stereocenters. The molecule has 348 valence electrons. The lowest BCUT2D eigenvalue weighted by Crippen LogP contribution is -2.33. The molecule has 2 aliphatic rings. The summed E-state index contributed by atoms with van der Waals surface area (Å²) in [6.45, 7) is 8.00. The number of benzene rings is 6. The Hall–Kier alpha value is -6.85. The van der Waals surface area contributed by atoms with Crippen molar-refractivity contribution in [2.24, 2.45) is 0 Å². The number of thiophene rings is 2. The number of ether oxygens (including phenoxy) is 2. The smallest absolute Gasteiger partial charge is 0.195 e. The van der Waals surface area contributed by atoms with Gasteiger partial charge in [-0.05, 0) is 195 Å². The Morgan fingerprint density at radius 2 is 1.01 bits per heavy atom. The molecule has 7 nitrogen and oxygen atoms in total. The maximum Gasteiger partial charge on any atom is 0.195 e. The molecule has 6 aromatic carbocycles. The van der Waals surface area contributed by atoms with Gasteiger partial charge in [-0.25, -0.2) is 0 Å². The first-order valence-electron chi connectivity index (χ1n) is 23.9. The summed E-state index contributed by atoms with van der Waals surface area (Å²) in [6, 6.07) is 42.2. The molecule has 0 amide bonds. The van der Waals surface area contributed by atoms with E-state index in [9.17, 15) is 15.0 Å². The van der Waals surface area contributed by atoms with Crippen LogP contribution in [-0.4, -0.2) is 78.3 Å². The summed E-state index contributed by atoms with van der Waals surface area (Å²) in [5.74, 6) is 7.53. The molecular weight excluding hydrogens is 893 g/mol. The second kappa shape index (κ2) is 22.5. The molecule has 0 radical (unpaired) electrons. The topological polar surface area (TPSA) is 82.5 Å². The second-order valence-electron chi connectivity index (χ2n) is 17.7. The number of phenols is 2. The van der Waals surface area contributed by atoms with Crippen molar-refractivity contribution in [3.63, 3.8) is 0 Å². The van der Waals surface area contributed by atoms with E-state index in [4.69, 9.17) is 22.3 Å². The molecule has 10 rings (SSSR count). The van der Waals surface area contributed by atoms with E-state index in [2.05, 4.69) is 58.0 Å². The number of likely N-dealkylation sites (tertiary alicyclic amines) is 2. The van der Waals surface area contributed by atoms with Gasteiger partial charge in [0.25, 0.3) is 0 Å². The van der Waals surface area contributed by atoms with Crippen molar-refractivity contribution < 1.29 is 24.5 Å². The van der Waals surface area contributed by atoms with Crippen LogP contribution in [0.1, 0.15) is 76.7 Å². The van der Waals surface area contributed by atoms with E-state index in [1.54, 1.807) is 35.6 Å². The van der Waals surface area contributed by atoms with Crippen molar-refractivity contribution in [2.45, 2.75) is 44.9 Å². The molecule has 2 fully saturated rings. The van der Waals surface area contributed by atoms with Crippen LogP contribution in [0.3, 0.4) is 0 Å². The SMILES string of the molecule is C#Cc1ccc2c(C(=O)c3ccc(OCCN4CCCCC4)cc3)c(-c3ccc(O)cc3)sc2c1.C#Cc1ccc2c(Cc3ccc(OCCN4CCCCC4)cc3)c(-c3ccc(O)cc3)sc2c1. The highest BCUT2D eigenvalue weighted by Gasteiger charge is 2.22. The highest BCUT2D eigenvalue weighted by molar-refractivity contribution is 7.23. The monoisotopic (exact) mass is 948 g/mol. The third-order valence-corrected chi connectivity index (χ3v) is 15.4. The summed E-state index contributed by atoms with van der Waals surface area (Å²) >= 11 is 3.29. The average Bonchev–Trinajstić information content (AvgIpc) is 3.96. The Kier molecular flexibility index (Phi) is 15.4. The number of aromatic hydroxyl groups is 2. The van der Waals surface area contributed by atoms with Gasteiger partial charge in [-0.3, -0.25) is 14.6 Å². The van der Waals surface area contributed by atoms with Gasteiger partial charge in [0.2, 0.25) is 0 Å². The van der Waals surface area contributed by atoms with Crippen molar-refractivity contribution in [1.29, 1.82) is 0 Å². The van der Waals surface area contributed by atoms with Crippen LogP contribution in [0, 0.1) is 24.7 Å². The van der Waals surface area contributed by atoms with Gasteiger partial charge >= 0.3 is 0 Å². The van der Waals surface area contributed by atoms with Gasteiger partial charge in [0, 0.05) is 59.9 Å². The lowest BCUT2D eigenvalue weighted by molar-refractivity contribution is 0.104. The summed E-state index contributed by atoms with van der Waals surface area (Å²) in [4.78, 5) is 20.8. The highest BCUT2D eigenvalue weighted by Crippen LogP contribution is 2.42. The molecule has 0 bridgehead atoms. The Morgan fingerprint density at radius 1 is 0.551 bits per heavy atom. The molecule has 2 saturated heterocycles. The zero-order chi connectivity index (χ0) is 47.5. The first-order valence-corrected chi connectivity index (χ1v) is 25.5. The number of hydrogen-bond acceptors (Lipinski definition) is 9. The summed E-state index contributed by atoms with van der Waals surface area (Å²) in [5.41, 5.74) is 7.44. The number of phenolic OH excluding ortho intramolecular Hbond substituents is 2. The first-order chi connectivity index (χ1) is 33.8. The third kappa shape index (κ3) is 11.7. The molecule has 0 spiro atoms. The average molecular weight is 949 g/mol. The number of ketones is 1. The minimum atomic E-state index is -0.0485. The number of terminal acetylenes is 2. The van der Waals surface area contributed by atoms with E-state index in [1.807, 2.05) is 72.8 Å². The lowest BCUT2D eigenvalue weighted by Gasteiger charge is -2.26. The fourth-order valence-corrected chi connectivity index (χ4v) is 11.7. The molecule has 0 unspecified atom stereocenters. The molecule has 8 aromatic rings. The van der Waals surface area contributed by atoms with Crippen LogP contribution >= 0.6 is 22.7 Å². The predicted molar refractivity (Wildman–Crippen MR) is 284 cm³/mol. The maximum atomic E-state index is 13.7. The van der Waals surface area contributed by atoms with Crippen LogP contribution in [0.25, 0.3) is 41.1 Å². The molecule has 4 heterocycles. The minimum Gasteiger partial charge on any atom is -0.508 e. The molecule has 0 aliphatic carbocycles. The van der Waals surface area contributed by atoms with Crippen molar-refractivity contribution >= 4 is 48.6 Å². The number of fused-ring (bicyclic) bond motifs is 2. The Bertz CT molecular complexity index is 3090. The van der Waals surface area contributed by atoms with Gasteiger partial charge in [-0.1, -0.05) is 48.9 Å². The Morgan fingerprint density at radius 3 is 1.54 bits per heavy atom. The van der Waals surface area contributed by atoms with Gasteiger partial charge in [-0.2, -0.15) is 0 Å². The van der Waals surface area contributed by atoms with E-state index >= 15 is 0 Å². The molecule has 2 aromatic heterocycles. The van der Waals surface area contributed by atoms with Crippen molar-refractivity contribution in [3.05, 3.63) is 167 Å². The van der Waals surface area contributed by atoms with E-state index in [0.717, 1.165) is 87.9 Å². The van der Waals surface area contributed by atoms with Crippen molar-refractivity contribution in [3.8, 4) is 68.6 Å². The minimum absolute atomic E-state index is 0.0485. The highest BCUT2D eigenvalue weighted by atomic mass is 32.1. The Labute approximate surface area is 413 Å². The van der Waals surface area contributed by atoms with E-state index in [-0.39, 0.29) is 17.3 Å². The molecular formula is C60H56N2O5S2. The normalized spacial score (nSPS) is 14.1. The number of piperidine rings is 2. The van der Waals surface area contributed by atoms with Crippen molar-refractivity contribution in [1.82, 2.24) is 9.80 Å². The number of carbonyl (C=O) groups is 1. The lowest BCUT2D eigenvalue weighted by atomic mass is 9.97. The summed E-state index contributed by atoms with van der Waals surface area (Å²) in [5, 5.41) is 21.6. The molecule has 0 saturated carbocycles. The number of hydrogen-bond donors (Lipinski definition) is 2. The molecule has 2 N–H and O–H groups in total. The zero-order valence-electron chi connectivity index (χ0n) is 38.8. The Balaban J connectivity index is 0.000000172. The van der Waals surface area contributed by atoms with Gasteiger partial charge in [-0.15, -0.1) is 35.5 Å². The first kappa shape index (κ1) is 47.2. The standard InChI is InChI=1S/C30H27NO3S.C30H29NO2S/c1-2-21-6-15-26-27(20-21)35-30(23-7-11-24(32)12-8-23)28(26)29(33)22-9-13-25(14-10-22)34-19-18-31-16-4-3-5-17-31;1-2-22-8-15-27-28(30(34-29(27)21-22)24-9-11-25(32)12-10-24)20-23-6-13-26(14-7-23)33-19-18-31-16-4-3-5-17-31/h1,6-15,20,32H,3-5,16-19H2;1,6-15,21,32H,3-5,16-20H2. The van der Waals surface area contributed by atoms with Gasteiger partial charge in [0.1, 0.15) is 36.2 Å². The number of nitrogens with zero attached hydrogens (tertiary/aromatic N) is 2. The second-order valence-corrected chi connectivity index (χ2v) is 19.8. The van der Waals surface area contributed by atoms with Crippen molar-refractivity contribution in [2.75, 3.05) is 52.5 Å². The van der Waals surface area contributed by atoms with Crippen LogP contribution in [0.2, 0.25) is 0 Å². The number of carbonyl (C=O) groups excluding carboxylic acids is 1. The number of rotatable bonds is 14. The fourth-order valence-electron chi connectivity index (χ4n) is 9.19. The van der Waals surface area contributed by atoms with E-state index in [1.165, 1.54) is 89.0 Å². The fraction of sp³-hybridized carbons (Fsp3) is 0.250. The van der Waals surface area contributed by atoms with E-state index in [0.29, 0.717) is 17.7 Å². The van der Waals surface area contributed by atoms with Gasteiger partial charge < -0.3 is 19.7 Å². The van der Waals surface area contributed by atoms with Gasteiger partial charge in [0.15, 0.2) is 5.78 Å². The van der Waals surface area contributed by atoms with Crippen LogP contribution in [-0.2, 0) is 6.42 Å². The van der Waals surface area contributed by atoms with Crippen LogP contribution in [0.5, 0.6) is 23.0 Å². The largest absolute Gasteiger partial charge is 0.508 e. The van der Waals surface area contributed by atoms with Crippen LogP contribution in [0.15, 0.2) is 133 Å². The summed E-state index contributed by atoms with van der Waals surface area (Å²) in [7, 11) is 0.